The Bertz CT molecular complexity index is 350. The van der Waals surface area contributed by atoms with Crippen LogP contribution < -0.4 is 5.32 Å². The van der Waals surface area contributed by atoms with Gasteiger partial charge in [-0.25, -0.2) is 0 Å². The predicted octanol–water partition coefficient (Wildman–Crippen LogP) is 3.38. The van der Waals surface area contributed by atoms with Crippen molar-refractivity contribution in [3.63, 3.8) is 0 Å². The molecule has 1 aliphatic heterocycles. The van der Waals surface area contributed by atoms with E-state index in [1.165, 1.54) is 16.9 Å². The van der Waals surface area contributed by atoms with Gasteiger partial charge in [-0.3, -0.25) is 0 Å². The zero-order valence-electron chi connectivity index (χ0n) is 11.0. The van der Waals surface area contributed by atoms with Crippen molar-refractivity contribution in [1.82, 2.24) is 5.32 Å². The summed E-state index contributed by atoms with van der Waals surface area (Å²) >= 11 is 1.85. The summed E-state index contributed by atoms with van der Waals surface area (Å²) in [5.41, 5.74) is 1.50. The Morgan fingerprint density at radius 3 is 3.00 bits per heavy atom. The zero-order valence-corrected chi connectivity index (χ0v) is 11.8. The molecule has 3 atom stereocenters. The molecule has 1 N–H and O–H groups in total. The average Bonchev–Trinajstić information content (AvgIpc) is 2.74. The molecule has 1 aliphatic rings. The fourth-order valence-electron chi connectivity index (χ4n) is 2.82. The fourth-order valence-corrected chi connectivity index (χ4v) is 3.57. The van der Waals surface area contributed by atoms with Crippen molar-refractivity contribution < 1.29 is 4.74 Å². The van der Waals surface area contributed by atoms with E-state index in [9.17, 15) is 0 Å². The zero-order chi connectivity index (χ0) is 12.3. The Morgan fingerprint density at radius 2 is 2.41 bits per heavy atom. The van der Waals surface area contributed by atoms with Gasteiger partial charge in [0.1, 0.15) is 0 Å². The first kappa shape index (κ1) is 13.1. The summed E-state index contributed by atoms with van der Waals surface area (Å²) in [4.78, 5) is 1.45. The van der Waals surface area contributed by atoms with E-state index in [2.05, 4.69) is 37.5 Å². The number of nitrogens with one attached hydrogen (secondary N) is 1. The molecule has 0 amide bonds. The van der Waals surface area contributed by atoms with Crippen molar-refractivity contribution in [2.75, 3.05) is 19.8 Å². The van der Waals surface area contributed by atoms with E-state index in [0.29, 0.717) is 17.9 Å². The Morgan fingerprint density at radius 1 is 1.59 bits per heavy atom. The van der Waals surface area contributed by atoms with E-state index >= 15 is 0 Å². The molecule has 2 heterocycles. The van der Waals surface area contributed by atoms with Gasteiger partial charge < -0.3 is 10.1 Å². The lowest BCUT2D eigenvalue weighted by Crippen LogP contribution is -2.37. The molecule has 0 radical (unpaired) electrons. The molecule has 0 aromatic carbocycles. The van der Waals surface area contributed by atoms with Crippen LogP contribution in [0.1, 0.15) is 36.8 Å². The molecule has 96 valence electrons. The van der Waals surface area contributed by atoms with Crippen molar-refractivity contribution in [3.05, 3.63) is 21.9 Å². The summed E-state index contributed by atoms with van der Waals surface area (Å²) in [6.07, 6.45) is 1.17. The first-order chi connectivity index (χ1) is 8.24. The smallest absolute Gasteiger partial charge is 0.0494 e. The highest BCUT2D eigenvalue weighted by atomic mass is 32.1. The van der Waals surface area contributed by atoms with Crippen LogP contribution in [0.5, 0.6) is 0 Å². The lowest BCUT2D eigenvalue weighted by molar-refractivity contribution is 0.0108. The van der Waals surface area contributed by atoms with E-state index in [1.54, 1.807) is 0 Å². The highest BCUT2D eigenvalue weighted by Crippen LogP contribution is 2.36. The summed E-state index contributed by atoms with van der Waals surface area (Å²) in [5.74, 6) is 1.35. The van der Waals surface area contributed by atoms with Crippen LogP contribution in [0.25, 0.3) is 0 Å². The van der Waals surface area contributed by atoms with Crippen molar-refractivity contribution in [1.29, 1.82) is 0 Å². The summed E-state index contributed by atoms with van der Waals surface area (Å²) in [6, 6.07) is 2.79. The molecule has 1 aromatic heterocycles. The fraction of sp³-hybridized carbons (Fsp3) is 0.714. The summed E-state index contributed by atoms with van der Waals surface area (Å²) in [5, 5.41) is 5.88. The van der Waals surface area contributed by atoms with Gasteiger partial charge in [-0.1, -0.05) is 13.8 Å². The molecule has 0 aliphatic carbocycles. The quantitative estimate of drug-likeness (QED) is 0.888. The molecule has 2 nitrogen and oxygen atoms in total. The van der Waals surface area contributed by atoms with E-state index in [4.69, 9.17) is 4.74 Å². The van der Waals surface area contributed by atoms with Gasteiger partial charge in [-0.2, -0.15) is 0 Å². The van der Waals surface area contributed by atoms with Crippen LogP contribution in [0, 0.1) is 18.8 Å². The molecule has 1 fully saturated rings. The van der Waals surface area contributed by atoms with Gasteiger partial charge in [0.25, 0.3) is 0 Å². The monoisotopic (exact) mass is 253 g/mol. The van der Waals surface area contributed by atoms with Crippen LogP contribution in [0.4, 0.5) is 0 Å². The molecule has 3 unspecified atom stereocenters. The van der Waals surface area contributed by atoms with Gasteiger partial charge in [0, 0.05) is 24.1 Å². The first-order valence-electron chi connectivity index (χ1n) is 6.59. The van der Waals surface area contributed by atoms with E-state index in [1.807, 2.05) is 11.3 Å². The second-order valence-corrected chi connectivity index (χ2v) is 6.09. The number of thiophene rings is 1. The molecule has 0 saturated carbocycles. The van der Waals surface area contributed by atoms with Gasteiger partial charge in [0.15, 0.2) is 0 Å². The summed E-state index contributed by atoms with van der Waals surface area (Å²) in [6.45, 7) is 9.60. The largest absolute Gasteiger partial charge is 0.381 e. The third-order valence-corrected chi connectivity index (χ3v) is 4.65. The molecular weight excluding hydrogens is 230 g/mol. The molecule has 0 bridgehead atoms. The molecule has 0 spiro atoms. The molecule has 2 rings (SSSR count). The predicted molar refractivity (Wildman–Crippen MR) is 73.6 cm³/mol. The van der Waals surface area contributed by atoms with Crippen molar-refractivity contribution in [2.45, 2.75) is 33.2 Å². The summed E-state index contributed by atoms with van der Waals surface area (Å²) < 4.78 is 5.56. The normalized spacial score (nSPS) is 27.0. The minimum atomic E-state index is 0.505. The number of aryl methyl sites for hydroxylation is 1. The van der Waals surface area contributed by atoms with E-state index in [-0.39, 0.29) is 0 Å². The SMILES string of the molecule is CCNC(c1ccsc1C)C1CCOCC1C. The van der Waals surface area contributed by atoms with Crippen LogP contribution in [0.2, 0.25) is 0 Å². The van der Waals surface area contributed by atoms with Gasteiger partial charge in [-0.15, -0.1) is 11.3 Å². The standard InChI is InChI=1S/C14H23NOS/c1-4-15-14(13-6-8-17-11(13)3)12-5-7-16-9-10(12)2/h6,8,10,12,14-15H,4-5,7,9H2,1-3H3. The van der Waals surface area contributed by atoms with Gasteiger partial charge in [0.05, 0.1) is 0 Å². The minimum Gasteiger partial charge on any atom is -0.381 e. The minimum absolute atomic E-state index is 0.505. The van der Waals surface area contributed by atoms with E-state index in [0.717, 1.165) is 19.8 Å². The van der Waals surface area contributed by atoms with Crippen molar-refractivity contribution in [3.8, 4) is 0 Å². The number of hydrogen-bond acceptors (Lipinski definition) is 3. The van der Waals surface area contributed by atoms with Gasteiger partial charge in [0.2, 0.25) is 0 Å². The first-order valence-corrected chi connectivity index (χ1v) is 7.47. The van der Waals surface area contributed by atoms with E-state index < -0.39 is 0 Å². The van der Waals surface area contributed by atoms with Crippen LogP contribution in [0.3, 0.4) is 0 Å². The average molecular weight is 253 g/mol. The summed E-state index contributed by atoms with van der Waals surface area (Å²) in [7, 11) is 0. The molecule has 3 heteroatoms. The third-order valence-electron chi connectivity index (χ3n) is 3.79. The Hall–Kier alpha value is -0.380. The van der Waals surface area contributed by atoms with Crippen molar-refractivity contribution in [2.24, 2.45) is 11.8 Å². The number of ether oxygens (including phenoxy) is 1. The molecule has 1 aromatic rings. The second kappa shape index (κ2) is 5.98. The highest BCUT2D eigenvalue weighted by molar-refractivity contribution is 7.10. The maximum absolute atomic E-state index is 5.56. The van der Waals surface area contributed by atoms with Crippen LogP contribution in [0.15, 0.2) is 11.4 Å². The Kier molecular flexibility index (Phi) is 4.60. The van der Waals surface area contributed by atoms with Crippen LogP contribution in [-0.2, 0) is 4.74 Å². The topological polar surface area (TPSA) is 21.3 Å². The lowest BCUT2D eigenvalue weighted by atomic mass is 9.80. The number of hydrogen-bond donors (Lipinski definition) is 1. The van der Waals surface area contributed by atoms with Crippen LogP contribution >= 0.6 is 11.3 Å². The Labute approximate surface area is 108 Å². The lowest BCUT2D eigenvalue weighted by Gasteiger charge is -2.36. The van der Waals surface area contributed by atoms with Crippen LogP contribution in [-0.4, -0.2) is 19.8 Å². The second-order valence-electron chi connectivity index (χ2n) is 4.97. The third kappa shape index (κ3) is 2.90. The molecule has 1 saturated heterocycles. The molecular formula is C14H23NOS. The highest BCUT2D eigenvalue weighted by Gasteiger charge is 2.31. The van der Waals surface area contributed by atoms with Gasteiger partial charge in [-0.05, 0) is 48.7 Å². The van der Waals surface area contributed by atoms with Gasteiger partial charge >= 0.3 is 0 Å². The van der Waals surface area contributed by atoms with Crippen molar-refractivity contribution >= 4 is 11.3 Å². The molecule has 17 heavy (non-hydrogen) atoms. The maximum atomic E-state index is 5.56. The Balaban J connectivity index is 2.19. The maximum Gasteiger partial charge on any atom is 0.0494 e. The number of rotatable bonds is 4.